The SMILES string of the molecule is CC(C)CCCNc1ccc(C(=O)N(C)C)cc1[N+](=O)[O-]. The van der Waals surface area contributed by atoms with Gasteiger partial charge in [0.25, 0.3) is 11.6 Å². The van der Waals surface area contributed by atoms with Crippen LogP contribution in [0.3, 0.4) is 0 Å². The molecule has 0 bridgehead atoms. The first-order valence-electron chi connectivity index (χ1n) is 7.07. The number of hydrogen-bond donors (Lipinski definition) is 1. The predicted octanol–water partition coefficient (Wildman–Crippen LogP) is 3.14. The van der Waals surface area contributed by atoms with E-state index in [0.29, 0.717) is 23.7 Å². The molecule has 1 aromatic carbocycles. The number of hydrogen-bond acceptors (Lipinski definition) is 4. The Bertz CT molecular complexity index is 513. The van der Waals surface area contributed by atoms with Crippen molar-refractivity contribution in [2.75, 3.05) is 26.0 Å². The van der Waals surface area contributed by atoms with Crippen molar-refractivity contribution in [2.45, 2.75) is 26.7 Å². The van der Waals surface area contributed by atoms with Crippen LogP contribution in [0.5, 0.6) is 0 Å². The maximum absolute atomic E-state index is 11.8. The van der Waals surface area contributed by atoms with Crippen LogP contribution in [-0.2, 0) is 0 Å². The molecular formula is C15H23N3O3. The molecule has 116 valence electrons. The van der Waals surface area contributed by atoms with Crippen molar-refractivity contribution in [3.05, 3.63) is 33.9 Å². The molecule has 21 heavy (non-hydrogen) atoms. The summed E-state index contributed by atoms with van der Waals surface area (Å²) < 4.78 is 0. The van der Waals surface area contributed by atoms with Crippen molar-refractivity contribution >= 4 is 17.3 Å². The number of nitro benzene ring substituents is 1. The van der Waals surface area contributed by atoms with Gasteiger partial charge in [-0.15, -0.1) is 0 Å². The second-order valence-electron chi connectivity index (χ2n) is 5.65. The number of benzene rings is 1. The van der Waals surface area contributed by atoms with Crippen LogP contribution in [0, 0.1) is 16.0 Å². The molecule has 0 saturated heterocycles. The Balaban J connectivity index is 2.85. The summed E-state index contributed by atoms with van der Waals surface area (Å²) in [5.74, 6) is 0.367. The highest BCUT2D eigenvalue weighted by atomic mass is 16.6. The molecule has 0 radical (unpaired) electrons. The van der Waals surface area contributed by atoms with Crippen LogP contribution in [0.1, 0.15) is 37.0 Å². The Morgan fingerprint density at radius 2 is 2.05 bits per heavy atom. The van der Waals surface area contributed by atoms with E-state index in [4.69, 9.17) is 0 Å². The molecule has 1 amide bonds. The normalized spacial score (nSPS) is 10.5. The summed E-state index contributed by atoms with van der Waals surface area (Å²) in [6.45, 7) is 4.97. The van der Waals surface area contributed by atoms with Crippen LogP contribution in [-0.4, -0.2) is 36.4 Å². The highest BCUT2D eigenvalue weighted by Gasteiger charge is 2.18. The number of rotatable bonds is 7. The zero-order chi connectivity index (χ0) is 16.0. The van der Waals surface area contributed by atoms with Gasteiger partial charge in [-0.25, -0.2) is 0 Å². The summed E-state index contributed by atoms with van der Waals surface area (Å²) in [5, 5.41) is 14.2. The molecule has 6 nitrogen and oxygen atoms in total. The van der Waals surface area contributed by atoms with Crippen LogP contribution in [0.25, 0.3) is 0 Å². The molecule has 0 fully saturated rings. The molecule has 1 aromatic rings. The number of anilines is 1. The van der Waals surface area contributed by atoms with Crippen LogP contribution in [0.4, 0.5) is 11.4 Å². The Morgan fingerprint density at radius 3 is 2.57 bits per heavy atom. The van der Waals surface area contributed by atoms with Crippen LogP contribution in [0.2, 0.25) is 0 Å². The fraction of sp³-hybridized carbons (Fsp3) is 0.533. The molecule has 1 rings (SSSR count). The number of nitrogens with one attached hydrogen (secondary N) is 1. The highest BCUT2D eigenvalue weighted by molar-refractivity contribution is 5.95. The molecule has 6 heteroatoms. The van der Waals surface area contributed by atoms with Gasteiger partial charge in [-0.2, -0.15) is 0 Å². The van der Waals surface area contributed by atoms with Crippen molar-refractivity contribution in [2.24, 2.45) is 5.92 Å². The minimum Gasteiger partial charge on any atom is -0.379 e. The first-order valence-corrected chi connectivity index (χ1v) is 7.07. The minimum atomic E-state index is -0.461. The summed E-state index contributed by atoms with van der Waals surface area (Å²) in [6, 6.07) is 4.54. The van der Waals surface area contributed by atoms with E-state index in [1.165, 1.54) is 11.0 Å². The van der Waals surface area contributed by atoms with E-state index in [-0.39, 0.29) is 11.6 Å². The van der Waals surface area contributed by atoms with Crippen molar-refractivity contribution in [1.82, 2.24) is 4.90 Å². The standard InChI is InChI=1S/C15H23N3O3/c1-11(2)6-5-9-16-13-8-7-12(15(19)17(3)4)10-14(13)18(20)21/h7-8,10-11,16H,5-6,9H2,1-4H3. The van der Waals surface area contributed by atoms with Crippen molar-refractivity contribution in [3.63, 3.8) is 0 Å². The molecule has 0 aliphatic carbocycles. The molecule has 0 aliphatic heterocycles. The molecular weight excluding hydrogens is 270 g/mol. The summed E-state index contributed by atoms with van der Waals surface area (Å²) in [7, 11) is 3.23. The third kappa shape index (κ3) is 5.06. The minimum absolute atomic E-state index is 0.0627. The third-order valence-corrected chi connectivity index (χ3v) is 3.12. The van der Waals surface area contributed by atoms with Gasteiger partial charge in [-0.05, 0) is 30.9 Å². The van der Waals surface area contributed by atoms with Gasteiger partial charge < -0.3 is 10.2 Å². The molecule has 0 heterocycles. The quantitative estimate of drug-likeness (QED) is 0.476. The molecule has 0 unspecified atom stereocenters. The first kappa shape index (κ1) is 16.9. The summed E-state index contributed by atoms with van der Waals surface area (Å²) >= 11 is 0. The van der Waals surface area contributed by atoms with Crippen LogP contribution >= 0.6 is 0 Å². The Hall–Kier alpha value is -2.11. The number of carbonyl (C=O) groups excluding carboxylic acids is 1. The number of nitrogens with zero attached hydrogens (tertiary/aromatic N) is 2. The monoisotopic (exact) mass is 293 g/mol. The maximum atomic E-state index is 11.8. The average molecular weight is 293 g/mol. The summed E-state index contributed by atoms with van der Waals surface area (Å²) in [4.78, 5) is 23.9. The molecule has 1 N–H and O–H groups in total. The maximum Gasteiger partial charge on any atom is 0.293 e. The lowest BCUT2D eigenvalue weighted by Crippen LogP contribution is -2.21. The molecule has 0 aromatic heterocycles. The topological polar surface area (TPSA) is 75.5 Å². The molecule has 0 saturated carbocycles. The van der Waals surface area contributed by atoms with Crippen molar-refractivity contribution < 1.29 is 9.72 Å². The first-order chi connectivity index (χ1) is 9.82. The Kier molecular flexibility index (Phi) is 6.14. The van der Waals surface area contributed by atoms with Gasteiger partial charge in [-0.3, -0.25) is 14.9 Å². The predicted molar refractivity (Wildman–Crippen MR) is 83.7 cm³/mol. The van der Waals surface area contributed by atoms with Gasteiger partial charge >= 0.3 is 0 Å². The van der Waals surface area contributed by atoms with E-state index in [9.17, 15) is 14.9 Å². The van der Waals surface area contributed by atoms with E-state index >= 15 is 0 Å². The molecule has 0 atom stereocenters. The largest absolute Gasteiger partial charge is 0.379 e. The number of amides is 1. The van der Waals surface area contributed by atoms with Crippen molar-refractivity contribution in [1.29, 1.82) is 0 Å². The number of nitro groups is 1. The van der Waals surface area contributed by atoms with Crippen LogP contribution in [0.15, 0.2) is 18.2 Å². The van der Waals surface area contributed by atoms with E-state index in [0.717, 1.165) is 12.8 Å². The smallest absolute Gasteiger partial charge is 0.293 e. The summed E-state index contributed by atoms with van der Waals surface area (Å²) in [5.41, 5.74) is 0.714. The van der Waals surface area contributed by atoms with E-state index < -0.39 is 4.92 Å². The fourth-order valence-corrected chi connectivity index (χ4v) is 1.96. The molecule has 0 spiro atoms. The Labute approximate surface area is 125 Å². The molecule has 0 aliphatic rings. The van der Waals surface area contributed by atoms with Gasteiger partial charge in [0, 0.05) is 32.3 Å². The zero-order valence-corrected chi connectivity index (χ0v) is 13.0. The van der Waals surface area contributed by atoms with Crippen molar-refractivity contribution in [3.8, 4) is 0 Å². The van der Waals surface area contributed by atoms with Gasteiger partial charge in [0.1, 0.15) is 5.69 Å². The second-order valence-corrected chi connectivity index (χ2v) is 5.65. The summed E-state index contributed by atoms with van der Waals surface area (Å²) in [6.07, 6.45) is 2.02. The zero-order valence-electron chi connectivity index (χ0n) is 13.0. The van der Waals surface area contributed by atoms with E-state index in [2.05, 4.69) is 19.2 Å². The van der Waals surface area contributed by atoms with Gasteiger partial charge in [0.15, 0.2) is 0 Å². The Morgan fingerprint density at radius 1 is 1.38 bits per heavy atom. The highest BCUT2D eigenvalue weighted by Crippen LogP contribution is 2.26. The second kappa shape index (κ2) is 7.61. The third-order valence-electron chi connectivity index (χ3n) is 3.12. The average Bonchev–Trinajstić information content (AvgIpc) is 2.42. The van der Waals surface area contributed by atoms with Gasteiger partial charge in [-0.1, -0.05) is 13.8 Å². The van der Waals surface area contributed by atoms with E-state index in [1.807, 2.05) is 0 Å². The van der Waals surface area contributed by atoms with Gasteiger partial charge in [0.05, 0.1) is 4.92 Å². The lowest BCUT2D eigenvalue weighted by molar-refractivity contribution is -0.384. The van der Waals surface area contributed by atoms with Crippen LogP contribution < -0.4 is 5.32 Å². The number of carbonyl (C=O) groups is 1. The lowest BCUT2D eigenvalue weighted by Gasteiger charge is -2.12. The van der Waals surface area contributed by atoms with E-state index in [1.54, 1.807) is 26.2 Å². The fourth-order valence-electron chi connectivity index (χ4n) is 1.96. The van der Waals surface area contributed by atoms with Gasteiger partial charge in [0.2, 0.25) is 0 Å². The lowest BCUT2D eigenvalue weighted by atomic mass is 10.1.